The molecule has 0 radical (unpaired) electrons. The number of hydrogen-bond donors (Lipinski definition) is 1. The van der Waals surface area contributed by atoms with Crippen molar-refractivity contribution in [2.75, 3.05) is 6.61 Å². The van der Waals surface area contributed by atoms with Crippen molar-refractivity contribution in [3.8, 4) is 0 Å². The molecule has 0 fully saturated rings. The number of thiophene rings is 1. The molecule has 2 nitrogen and oxygen atoms in total. The molecule has 3 heteroatoms. The zero-order valence-corrected chi connectivity index (χ0v) is 10.1. The van der Waals surface area contributed by atoms with E-state index in [0.717, 1.165) is 0 Å². The van der Waals surface area contributed by atoms with Gasteiger partial charge in [-0.15, -0.1) is 11.3 Å². The lowest BCUT2D eigenvalue weighted by Gasteiger charge is -2.31. The summed E-state index contributed by atoms with van der Waals surface area (Å²) in [6, 6.07) is 2.09. The lowest BCUT2D eigenvalue weighted by atomic mass is 9.94. The van der Waals surface area contributed by atoms with Crippen LogP contribution in [0, 0.1) is 6.92 Å². The molecule has 0 aliphatic carbocycles. The molecule has 80 valence electrons. The molecule has 1 aromatic heterocycles. The molecule has 0 saturated heterocycles. The molecule has 1 heterocycles. The molecule has 0 amide bonds. The van der Waals surface area contributed by atoms with Crippen molar-refractivity contribution in [3.05, 3.63) is 21.9 Å². The summed E-state index contributed by atoms with van der Waals surface area (Å²) in [5.74, 6) is 0. The molecule has 0 aromatic carbocycles. The van der Waals surface area contributed by atoms with Gasteiger partial charge in [-0.25, -0.2) is 0 Å². The Labute approximate surface area is 90.1 Å². The maximum atomic E-state index is 6.15. The zero-order valence-electron chi connectivity index (χ0n) is 9.33. The molecule has 0 bridgehead atoms. The molecule has 0 aliphatic heterocycles. The maximum absolute atomic E-state index is 6.15. The van der Waals surface area contributed by atoms with Crippen molar-refractivity contribution in [1.29, 1.82) is 0 Å². The van der Waals surface area contributed by atoms with Crippen LogP contribution in [0.4, 0.5) is 0 Å². The highest BCUT2D eigenvalue weighted by Crippen LogP contribution is 2.29. The number of nitrogens with two attached hydrogens (primary N) is 1. The van der Waals surface area contributed by atoms with Crippen LogP contribution in [0.25, 0.3) is 0 Å². The van der Waals surface area contributed by atoms with Crippen LogP contribution in [0.5, 0.6) is 0 Å². The summed E-state index contributed by atoms with van der Waals surface area (Å²) in [5, 5.41) is 2.11. The first kappa shape index (κ1) is 11.7. The first-order valence-electron chi connectivity index (χ1n) is 4.92. The third-order valence-corrected chi connectivity index (χ3v) is 3.25. The fraction of sp³-hybridized carbons (Fsp3) is 0.636. The van der Waals surface area contributed by atoms with E-state index in [9.17, 15) is 0 Å². The van der Waals surface area contributed by atoms with Crippen molar-refractivity contribution in [2.45, 2.75) is 39.3 Å². The van der Waals surface area contributed by atoms with Gasteiger partial charge in [-0.3, -0.25) is 0 Å². The Balaban J connectivity index is 2.78. The van der Waals surface area contributed by atoms with E-state index in [2.05, 4.69) is 18.4 Å². The summed E-state index contributed by atoms with van der Waals surface area (Å²) in [6.07, 6.45) is 0. The fourth-order valence-corrected chi connectivity index (χ4v) is 2.23. The average molecular weight is 213 g/mol. The minimum absolute atomic E-state index is 0.0487. The van der Waals surface area contributed by atoms with Crippen molar-refractivity contribution in [2.24, 2.45) is 5.73 Å². The number of aryl methyl sites for hydroxylation is 1. The van der Waals surface area contributed by atoms with Gasteiger partial charge in [-0.05, 0) is 44.7 Å². The van der Waals surface area contributed by atoms with Gasteiger partial charge >= 0.3 is 0 Å². The molecular weight excluding hydrogens is 194 g/mol. The minimum atomic E-state index is -0.289. The fourth-order valence-electron chi connectivity index (χ4n) is 1.49. The van der Waals surface area contributed by atoms with Crippen molar-refractivity contribution < 1.29 is 4.74 Å². The number of rotatable bonds is 4. The SMILES string of the molecule is CCOC(C)(C)C(N)c1csc(C)c1. The van der Waals surface area contributed by atoms with E-state index in [0.29, 0.717) is 6.61 Å². The van der Waals surface area contributed by atoms with E-state index in [1.807, 2.05) is 20.8 Å². The van der Waals surface area contributed by atoms with Gasteiger partial charge in [0.05, 0.1) is 11.6 Å². The molecular formula is C11H19NOS. The van der Waals surface area contributed by atoms with Crippen molar-refractivity contribution >= 4 is 11.3 Å². The van der Waals surface area contributed by atoms with Crippen LogP contribution < -0.4 is 5.73 Å². The molecule has 0 spiro atoms. The molecule has 1 rings (SSSR count). The highest BCUT2D eigenvalue weighted by atomic mass is 32.1. The van der Waals surface area contributed by atoms with Crippen LogP contribution >= 0.6 is 11.3 Å². The quantitative estimate of drug-likeness (QED) is 0.834. The van der Waals surface area contributed by atoms with Gasteiger partial charge in [-0.2, -0.15) is 0 Å². The van der Waals surface area contributed by atoms with E-state index in [-0.39, 0.29) is 11.6 Å². The number of hydrogen-bond acceptors (Lipinski definition) is 3. The first-order valence-corrected chi connectivity index (χ1v) is 5.80. The summed E-state index contributed by atoms with van der Waals surface area (Å²) in [6.45, 7) is 8.86. The van der Waals surface area contributed by atoms with Gasteiger partial charge in [0.1, 0.15) is 0 Å². The Morgan fingerprint density at radius 1 is 1.57 bits per heavy atom. The van der Waals surface area contributed by atoms with E-state index in [4.69, 9.17) is 10.5 Å². The largest absolute Gasteiger partial charge is 0.374 e. The van der Waals surface area contributed by atoms with Gasteiger partial charge < -0.3 is 10.5 Å². The smallest absolute Gasteiger partial charge is 0.0818 e. The van der Waals surface area contributed by atoms with E-state index >= 15 is 0 Å². The van der Waals surface area contributed by atoms with Gasteiger partial charge in [0.25, 0.3) is 0 Å². The van der Waals surface area contributed by atoms with Crippen molar-refractivity contribution in [1.82, 2.24) is 0 Å². The Morgan fingerprint density at radius 2 is 2.21 bits per heavy atom. The average Bonchev–Trinajstić information content (AvgIpc) is 2.50. The first-order chi connectivity index (χ1) is 6.47. The summed E-state index contributed by atoms with van der Waals surface area (Å²) >= 11 is 1.73. The second-order valence-electron chi connectivity index (χ2n) is 4.00. The molecule has 0 saturated carbocycles. The summed E-state index contributed by atoms with van der Waals surface area (Å²) < 4.78 is 5.63. The van der Waals surface area contributed by atoms with Gasteiger partial charge in [0, 0.05) is 11.5 Å². The predicted molar refractivity (Wildman–Crippen MR) is 61.7 cm³/mol. The van der Waals surface area contributed by atoms with Crippen LogP contribution in [0.2, 0.25) is 0 Å². The molecule has 2 N–H and O–H groups in total. The highest BCUT2D eigenvalue weighted by molar-refractivity contribution is 7.10. The topological polar surface area (TPSA) is 35.2 Å². The zero-order chi connectivity index (χ0) is 10.8. The van der Waals surface area contributed by atoms with Crippen molar-refractivity contribution in [3.63, 3.8) is 0 Å². The van der Waals surface area contributed by atoms with E-state index < -0.39 is 0 Å². The van der Waals surface area contributed by atoms with Crippen LogP contribution in [-0.2, 0) is 4.74 Å². The molecule has 1 unspecified atom stereocenters. The minimum Gasteiger partial charge on any atom is -0.374 e. The highest BCUT2D eigenvalue weighted by Gasteiger charge is 2.28. The Morgan fingerprint density at radius 3 is 2.64 bits per heavy atom. The summed E-state index contributed by atoms with van der Waals surface area (Å²) in [4.78, 5) is 1.29. The monoisotopic (exact) mass is 213 g/mol. The van der Waals surface area contributed by atoms with Crippen LogP contribution in [0.3, 0.4) is 0 Å². The summed E-state index contributed by atoms with van der Waals surface area (Å²) in [5.41, 5.74) is 7.04. The van der Waals surface area contributed by atoms with Gasteiger partial charge in [0.15, 0.2) is 0 Å². The lowest BCUT2D eigenvalue weighted by Crippen LogP contribution is -2.37. The van der Waals surface area contributed by atoms with E-state index in [1.54, 1.807) is 11.3 Å². The van der Waals surface area contributed by atoms with E-state index in [1.165, 1.54) is 10.4 Å². The standard InChI is InChI=1S/C11H19NOS/c1-5-13-11(3,4)10(12)9-6-8(2)14-7-9/h6-7,10H,5,12H2,1-4H3. The normalized spacial score (nSPS) is 14.4. The Hall–Kier alpha value is -0.380. The molecule has 14 heavy (non-hydrogen) atoms. The summed E-state index contributed by atoms with van der Waals surface area (Å²) in [7, 11) is 0. The lowest BCUT2D eigenvalue weighted by molar-refractivity contribution is -0.0297. The second kappa shape index (κ2) is 4.43. The Kier molecular flexibility index (Phi) is 3.70. The van der Waals surface area contributed by atoms with Gasteiger partial charge in [0.2, 0.25) is 0 Å². The molecule has 1 atom stereocenters. The van der Waals surface area contributed by atoms with Gasteiger partial charge in [-0.1, -0.05) is 0 Å². The van der Waals surface area contributed by atoms with Crippen LogP contribution in [-0.4, -0.2) is 12.2 Å². The predicted octanol–water partition coefficient (Wildman–Crippen LogP) is 2.87. The number of ether oxygens (including phenoxy) is 1. The molecule has 1 aromatic rings. The second-order valence-corrected chi connectivity index (χ2v) is 5.12. The molecule has 0 aliphatic rings. The van der Waals surface area contributed by atoms with Crippen LogP contribution in [0.15, 0.2) is 11.4 Å². The third-order valence-electron chi connectivity index (χ3n) is 2.38. The van der Waals surface area contributed by atoms with Crippen LogP contribution in [0.1, 0.15) is 37.3 Å². The third kappa shape index (κ3) is 2.56. The maximum Gasteiger partial charge on any atom is 0.0818 e. The Bertz CT molecular complexity index is 293.